The molecule has 0 aromatic carbocycles. The molecule has 0 amide bonds. The molecule has 74 valence electrons. The highest BCUT2D eigenvalue weighted by molar-refractivity contribution is 4.93. The second kappa shape index (κ2) is 3.78. The first-order valence-electron chi connectivity index (χ1n) is 5.00. The molecule has 0 rings (SSSR count). The van der Waals surface area contributed by atoms with E-state index in [1.807, 2.05) is 0 Å². The molecule has 12 heavy (non-hydrogen) atoms. The predicted molar refractivity (Wildman–Crippen MR) is 56.5 cm³/mol. The van der Waals surface area contributed by atoms with Gasteiger partial charge in [0, 0.05) is 5.54 Å². The van der Waals surface area contributed by atoms with E-state index in [1.54, 1.807) is 0 Å². The van der Waals surface area contributed by atoms with Crippen molar-refractivity contribution in [3.63, 3.8) is 0 Å². The lowest BCUT2D eigenvalue weighted by molar-refractivity contribution is 0.0269. The van der Waals surface area contributed by atoms with Gasteiger partial charge in [-0.2, -0.15) is 0 Å². The number of rotatable bonds is 3. The summed E-state index contributed by atoms with van der Waals surface area (Å²) in [5.41, 5.74) is 0.675. The van der Waals surface area contributed by atoms with Gasteiger partial charge in [0.1, 0.15) is 0 Å². The first kappa shape index (κ1) is 12.0. The molecule has 0 aliphatic heterocycles. The van der Waals surface area contributed by atoms with Crippen molar-refractivity contribution in [2.45, 2.75) is 53.5 Å². The lowest BCUT2D eigenvalue weighted by atomic mass is 9.72. The van der Waals surface area contributed by atoms with Crippen molar-refractivity contribution in [3.8, 4) is 0 Å². The lowest BCUT2D eigenvalue weighted by Crippen LogP contribution is -2.52. The van der Waals surface area contributed by atoms with Crippen molar-refractivity contribution in [2.24, 2.45) is 5.41 Å². The standard InChI is InChI=1S/C11H25N/c1-8-11(6,10(3,4)5)12(7)9-2/h8-9H2,1-7H3. The van der Waals surface area contributed by atoms with Crippen molar-refractivity contribution >= 4 is 0 Å². The highest BCUT2D eigenvalue weighted by Gasteiger charge is 2.38. The highest BCUT2D eigenvalue weighted by atomic mass is 15.2. The molecule has 0 bridgehead atoms. The molecule has 0 aliphatic carbocycles. The number of hydrogen-bond donors (Lipinski definition) is 0. The van der Waals surface area contributed by atoms with Crippen LogP contribution in [0.1, 0.15) is 48.0 Å². The van der Waals surface area contributed by atoms with Gasteiger partial charge in [-0.15, -0.1) is 0 Å². The van der Waals surface area contributed by atoms with Crippen LogP contribution in [-0.2, 0) is 0 Å². The van der Waals surface area contributed by atoms with Gasteiger partial charge in [0.05, 0.1) is 0 Å². The Morgan fingerprint density at radius 3 is 1.50 bits per heavy atom. The number of hydrogen-bond acceptors (Lipinski definition) is 1. The topological polar surface area (TPSA) is 3.24 Å². The Labute approximate surface area is 78.1 Å². The van der Waals surface area contributed by atoms with E-state index in [2.05, 4.69) is 53.5 Å². The Bertz CT molecular complexity index is 134. The molecule has 0 aliphatic rings. The SMILES string of the molecule is CCN(C)C(C)(CC)C(C)(C)C. The van der Waals surface area contributed by atoms with Crippen LogP contribution in [0, 0.1) is 5.41 Å². The van der Waals surface area contributed by atoms with Gasteiger partial charge in [-0.05, 0) is 32.4 Å². The fourth-order valence-corrected chi connectivity index (χ4v) is 1.72. The van der Waals surface area contributed by atoms with Crippen LogP contribution < -0.4 is 0 Å². The molecule has 0 aromatic rings. The largest absolute Gasteiger partial charge is 0.301 e. The van der Waals surface area contributed by atoms with Crippen LogP contribution >= 0.6 is 0 Å². The normalized spacial score (nSPS) is 18.0. The third-order valence-corrected chi connectivity index (χ3v) is 3.62. The van der Waals surface area contributed by atoms with Crippen molar-refractivity contribution in [1.29, 1.82) is 0 Å². The predicted octanol–water partition coefficient (Wildman–Crippen LogP) is 3.15. The average molecular weight is 171 g/mol. The van der Waals surface area contributed by atoms with E-state index >= 15 is 0 Å². The fourth-order valence-electron chi connectivity index (χ4n) is 1.72. The highest BCUT2D eigenvalue weighted by Crippen LogP contribution is 2.37. The monoisotopic (exact) mass is 171 g/mol. The molecule has 1 unspecified atom stereocenters. The van der Waals surface area contributed by atoms with Crippen LogP contribution in [0.2, 0.25) is 0 Å². The maximum atomic E-state index is 2.45. The Hall–Kier alpha value is -0.0400. The first-order chi connectivity index (χ1) is 5.29. The van der Waals surface area contributed by atoms with Gasteiger partial charge >= 0.3 is 0 Å². The second-order valence-electron chi connectivity index (χ2n) is 4.89. The molecule has 0 saturated heterocycles. The van der Waals surface area contributed by atoms with Gasteiger partial charge in [0.2, 0.25) is 0 Å². The van der Waals surface area contributed by atoms with E-state index in [0.29, 0.717) is 11.0 Å². The summed E-state index contributed by atoms with van der Waals surface area (Å²) in [4.78, 5) is 2.45. The van der Waals surface area contributed by atoms with Crippen LogP contribution in [0.15, 0.2) is 0 Å². The molecule has 0 aromatic heterocycles. The third kappa shape index (κ3) is 2.01. The summed E-state index contributed by atoms with van der Waals surface area (Å²) in [6.07, 6.45) is 1.21. The van der Waals surface area contributed by atoms with E-state index in [1.165, 1.54) is 6.42 Å². The zero-order chi connectivity index (χ0) is 9.99. The molecule has 0 heterocycles. The molecule has 0 spiro atoms. The van der Waals surface area contributed by atoms with Gasteiger partial charge in [0.25, 0.3) is 0 Å². The van der Waals surface area contributed by atoms with Crippen LogP contribution in [0.4, 0.5) is 0 Å². The van der Waals surface area contributed by atoms with Gasteiger partial charge in [0.15, 0.2) is 0 Å². The van der Waals surface area contributed by atoms with Crippen molar-refractivity contribution < 1.29 is 0 Å². The molecule has 1 nitrogen and oxygen atoms in total. The Morgan fingerprint density at radius 1 is 1.00 bits per heavy atom. The molecule has 1 heteroatoms. The van der Waals surface area contributed by atoms with E-state index in [-0.39, 0.29) is 0 Å². The number of nitrogens with zero attached hydrogens (tertiary/aromatic N) is 1. The summed E-state index contributed by atoms with van der Waals surface area (Å²) in [7, 11) is 2.22. The zero-order valence-corrected chi connectivity index (χ0v) is 9.86. The lowest BCUT2D eigenvalue weighted by Gasteiger charge is -2.48. The molecule has 0 saturated carbocycles. The summed E-state index contributed by atoms with van der Waals surface area (Å²) in [5.74, 6) is 0. The molecule has 0 fully saturated rings. The Morgan fingerprint density at radius 2 is 1.42 bits per heavy atom. The summed E-state index contributed by atoms with van der Waals surface area (Å²) in [6.45, 7) is 14.9. The maximum absolute atomic E-state index is 2.45. The van der Waals surface area contributed by atoms with Gasteiger partial charge in [-0.25, -0.2) is 0 Å². The Balaban J connectivity index is 4.67. The van der Waals surface area contributed by atoms with E-state index in [9.17, 15) is 0 Å². The minimum absolute atomic E-state index is 0.321. The van der Waals surface area contributed by atoms with Gasteiger partial charge in [-0.3, -0.25) is 0 Å². The van der Waals surface area contributed by atoms with Crippen LogP contribution in [0.3, 0.4) is 0 Å². The van der Waals surface area contributed by atoms with Crippen LogP contribution in [0.5, 0.6) is 0 Å². The second-order valence-corrected chi connectivity index (χ2v) is 4.89. The quantitative estimate of drug-likeness (QED) is 0.630. The molecular formula is C11H25N. The Kier molecular flexibility index (Phi) is 3.77. The van der Waals surface area contributed by atoms with Crippen molar-refractivity contribution in [2.75, 3.05) is 13.6 Å². The molecule has 0 N–H and O–H groups in total. The molecular weight excluding hydrogens is 146 g/mol. The van der Waals surface area contributed by atoms with Gasteiger partial charge < -0.3 is 4.90 Å². The average Bonchev–Trinajstić information content (AvgIpc) is 1.99. The smallest absolute Gasteiger partial charge is 0.0223 e. The minimum Gasteiger partial charge on any atom is -0.301 e. The van der Waals surface area contributed by atoms with Crippen LogP contribution in [0.25, 0.3) is 0 Å². The molecule has 1 atom stereocenters. The summed E-state index contributed by atoms with van der Waals surface area (Å²) in [5, 5.41) is 0. The summed E-state index contributed by atoms with van der Waals surface area (Å²) < 4.78 is 0. The van der Waals surface area contributed by atoms with E-state index in [0.717, 1.165) is 6.54 Å². The minimum atomic E-state index is 0.321. The molecule has 0 radical (unpaired) electrons. The maximum Gasteiger partial charge on any atom is 0.0223 e. The van der Waals surface area contributed by atoms with E-state index < -0.39 is 0 Å². The van der Waals surface area contributed by atoms with Crippen molar-refractivity contribution in [1.82, 2.24) is 4.90 Å². The summed E-state index contributed by atoms with van der Waals surface area (Å²) >= 11 is 0. The van der Waals surface area contributed by atoms with Gasteiger partial charge in [-0.1, -0.05) is 34.6 Å². The fraction of sp³-hybridized carbons (Fsp3) is 1.00. The third-order valence-electron chi connectivity index (χ3n) is 3.62. The van der Waals surface area contributed by atoms with Crippen LogP contribution in [-0.4, -0.2) is 24.0 Å². The first-order valence-corrected chi connectivity index (χ1v) is 5.00. The zero-order valence-electron chi connectivity index (χ0n) is 9.86. The summed E-state index contributed by atoms with van der Waals surface area (Å²) in [6, 6.07) is 0. The van der Waals surface area contributed by atoms with E-state index in [4.69, 9.17) is 0 Å². The van der Waals surface area contributed by atoms with Crippen molar-refractivity contribution in [3.05, 3.63) is 0 Å².